The molecule has 0 aliphatic heterocycles. The quantitative estimate of drug-likeness (QED) is 0.166. The standard InChI is InChI=1S/C62H46F2N2S2/c1-61(2,3)57-51(35-17-15-19-37(63)33-35)59(65-43-25-11-7-21-39(43)53-45(65)29-31-49-55(53)41-23-9-13-27-47(41)67-49)52(36-18-16-20-38(64)34-36)58(62(4,5)6)60(57)66-44-26-12-8-22-40(44)54-46(66)30-32-50-56(54)42-24-10-14-28-48(42)68-50/h7-34H,1-6H3. The highest BCUT2D eigenvalue weighted by Crippen LogP contribution is 2.56. The van der Waals surface area contributed by atoms with Gasteiger partial charge in [0.2, 0.25) is 0 Å². The smallest absolute Gasteiger partial charge is 0.123 e. The number of thiophene rings is 2. The Morgan fingerprint density at radius 3 is 1.18 bits per heavy atom. The highest BCUT2D eigenvalue weighted by atomic mass is 32.1. The molecule has 4 aromatic heterocycles. The summed E-state index contributed by atoms with van der Waals surface area (Å²) in [5.41, 5.74) is 10.6. The number of nitrogens with zero attached hydrogens (tertiary/aromatic N) is 2. The molecule has 0 aliphatic rings. The molecule has 13 aromatic rings. The van der Waals surface area contributed by atoms with Gasteiger partial charge in [0, 0.05) is 73.0 Å². The molecule has 0 bridgehead atoms. The molecule has 13 rings (SSSR count). The Kier molecular flexibility index (Phi) is 8.88. The number of benzene rings is 9. The SMILES string of the molecule is CC(C)(C)c1c(-c2cccc(F)c2)c(-n2c3ccccc3c3c4c(ccc32)sc2ccccc24)c(-c2cccc(F)c2)c(C(C)(C)C)c1-n1c2ccccc2c2c3c(ccc21)sc1ccccc13. The minimum atomic E-state index is -0.529. The minimum Gasteiger partial charge on any atom is -0.309 e. The molecule has 68 heavy (non-hydrogen) atoms. The molecule has 0 radical (unpaired) electrons. The Hall–Kier alpha value is -7.12. The van der Waals surface area contributed by atoms with Crippen LogP contribution in [0.4, 0.5) is 8.78 Å². The van der Waals surface area contributed by atoms with Crippen molar-refractivity contribution in [2.45, 2.75) is 52.4 Å². The van der Waals surface area contributed by atoms with Gasteiger partial charge in [0.1, 0.15) is 11.6 Å². The van der Waals surface area contributed by atoms with Crippen LogP contribution in [-0.4, -0.2) is 9.13 Å². The van der Waals surface area contributed by atoms with Crippen molar-refractivity contribution in [1.82, 2.24) is 9.13 Å². The molecule has 2 nitrogen and oxygen atoms in total. The van der Waals surface area contributed by atoms with E-state index in [-0.39, 0.29) is 11.6 Å². The average Bonchev–Trinajstić information content (AvgIpc) is 4.07. The van der Waals surface area contributed by atoms with Crippen LogP contribution in [-0.2, 0) is 10.8 Å². The number of halogens is 2. The van der Waals surface area contributed by atoms with Crippen molar-refractivity contribution < 1.29 is 8.78 Å². The van der Waals surface area contributed by atoms with Gasteiger partial charge in [0.15, 0.2) is 0 Å². The molecule has 0 saturated carbocycles. The molecule has 0 aliphatic carbocycles. The lowest BCUT2D eigenvalue weighted by Crippen LogP contribution is -2.26. The van der Waals surface area contributed by atoms with E-state index in [1.807, 2.05) is 34.8 Å². The van der Waals surface area contributed by atoms with E-state index in [1.165, 1.54) is 63.2 Å². The van der Waals surface area contributed by atoms with E-state index in [1.54, 1.807) is 12.1 Å². The van der Waals surface area contributed by atoms with Crippen LogP contribution in [0.3, 0.4) is 0 Å². The van der Waals surface area contributed by atoms with Crippen molar-refractivity contribution in [3.05, 3.63) is 193 Å². The highest BCUT2D eigenvalue weighted by Gasteiger charge is 2.39. The first kappa shape index (κ1) is 41.1. The third-order valence-electron chi connectivity index (χ3n) is 14.0. The monoisotopic (exact) mass is 920 g/mol. The zero-order valence-corrected chi connectivity index (χ0v) is 40.3. The first-order chi connectivity index (χ1) is 32.9. The molecular formula is C62H46F2N2S2. The van der Waals surface area contributed by atoms with E-state index in [0.29, 0.717) is 0 Å². The van der Waals surface area contributed by atoms with E-state index in [4.69, 9.17) is 0 Å². The van der Waals surface area contributed by atoms with E-state index in [2.05, 4.69) is 184 Å². The van der Waals surface area contributed by atoms with E-state index in [9.17, 15) is 0 Å². The number of aromatic nitrogens is 2. The van der Waals surface area contributed by atoms with Gasteiger partial charge in [0.25, 0.3) is 0 Å². The number of para-hydroxylation sites is 2. The van der Waals surface area contributed by atoms with Crippen molar-refractivity contribution in [2.75, 3.05) is 0 Å². The second-order valence-corrected chi connectivity index (χ2v) is 22.5. The van der Waals surface area contributed by atoms with Crippen LogP contribution in [0.25, 0.3) is 118 Å². The molecule has 0 atom stereocenters. The van der Waals surface area contributed by atoms with Gasteiger partial charge in [-0.05, 0) is 106 Å². The average molecular weight is 921 g/mol. The van der Waals surface area contributed by atoms with Gasteiger partial charge >= 0.3 is 0 Å². The van der Waals surface area contributed by atoms with Crippen molar-refractivity contribution in [3.63, 3.8) is 0 Å². The molecule has 4 heterocycles. The number of hydrogen-bond acceptors (Lipinski definition) is 2. The van der Waals surface area contributed by atoms with Gasteiger partial charge in [-0.15, -0.1) is 22.7 Å². The summed E-state index contributed by atoms with van der Waals surface area (Å²) < 4.78 is 42.4. The number of hydrogen-bond donors (Lipinski definition) is 0. The molecule has 0 saturated heterocycles. The maximum atomic E-state index is 16.3. The third-order valence-corrected chi connectivity index (χ3v) is 16.2. The van der Waals surface area contributed by atoms with Gasteiger partial charge in [-0.2, -0.15) is 0 Å². The lowest BCUT2D eigenvalue weighted by atomic mass is 9.71. The van der Waals surface area contributed by atoms with Crippen LogP contribution >= 0.6 is 22.7 Å². The maximum absolute atomic E-state index is 16.3. The normalized spacial score (nSPS) is 12.7. The van der Waals surface area contributed by atoms with Gasteiger partial charge in [0.05, 0.1) is 33.4 Å². The zero-order chi connectivity index (χ0) is 46.4. The molecule has 0 unspecified atom stereocenters. The first-order valence-electron chi connectivity index (χ1n) is 23.3. The molecule has 9 aromatic carbocycles. The van der Waals surface area contributed by atoms with Crippen LogP contribution in [0.1, 0.15) is 52.7 Å². The maximum Gasteiger partial charge on any atom is 0.123 e. The summed E-state index contributed by atoms with van der Waals surface area (Å²) in [7, 11) is 0. The van der Waals surface area contributed by atoms with Gasteiger partial charge < -0.3 is 9.13 Å². The minimum absolute atomic E-state index is 0.320. The van der Waals surface area contributed by atoms with Crippen molar-refractivity contribution in [1.29, 1.82) is 0 Å². The van der Waals surface area contributed by atoms with Crippen LogP contribution in [0.15, 0.2) is 170 Å². The van der Waals surface area contributed by atoms with Crippen molar-refractivity contribution in [3.8, 4) is 33.6 Å². The van der Waals surface area contributed by atoms with Crippen LogP contribution in [0.2, 0.25) is 0 Å². The fourth-order valence-corrected chi connectivity index (χ4v) is 13.7. The topological polar surface area (TPSA) is 9.86 Å². The second kappa shape index (κ2) is 14.7. The largest absolute Gasteiger partial charge is 0.309 e. The lowest BCUT2D eigenvalue weighted by Gasteiger charge is -2.38. The molecule has 0 amide bonds. The predicted octanol–water partition coefficient (Wildman–Crippen LogP) is 18.8. The van der Waals surface area contributed by atoms with E-state index in [0.717, 1.165) is 77.6 Å². The van der Waals surface area contributed by atoms with Gasteiger partial charge in [-0.1, -0.05) is 139 Å². The zero-order valence-electron chi connectivity index (χ0n) is 38.6. The Balaban J connectivity index is 1.34. The number of fused-ring (bicyclic) bond motifs is 14. The van der Waals surface area contributed by atoms with Crippen molar-refractivity contribution >= 4 is 107 Å². The molecule has 0 N–H and O–H groups in total. The van der Waals surface area contributed by atoms with E-state index >= 15 is 8.78 Å². The third kappa shape index (κ3) is 5.90. The lowest BCUT2D eigenvalue weighted by molar-refractivity contribution is 0.565. The number of rotatable bonds is 4. The fraction of sp³-hybridized carbons (Fsp3) is 0.129. The summed E-state index contributed by atoms with van der Waals surface area (Å²) in [5, 5.41) is 9.58. The van der Waals surface area contributed by atoms with Crippen LogP contribution in [0.5, 0.6) is 0 Å². The first-order valence-corrected chi connectivity index (χ1v) is 24.9. The Bertz CT molecular complexity index is 4170. The van der Waals surface area contributed by atoms with Crippen LogP contribution < -0.4 is 0 Å². The second-order valence-electron chi connectivity index (χ2n) is 20.3. The highest BCUT2D eigenvalue weighted by molar-refractivity contribution is 7.26. The predicted molar refractivity (Wildman–Crippen MR) is 289 cm³/mol. The Morgan fingerprint density at radius 1 is 0.353 bits per heavy atom. The van der Waals surface area contributed by atoms with Gasteiger partial charge in [-0.25, -0.2) is 8.78 Å². The molecule has 6 heteroatoms. The fourth-order valence-electron chi connectivity index (χ4n) is 11.5. The van der Waals surface area contributed by atoms with E-state index < -0.39 is 10.8 Å². The van der Waals surface area contributed by atoms with Crippen molar-refractivity contribution in [2.24, 2.45) is 0 Å². The molecule has 0 fully saturated rings. The molecular weight excluding hydrogens is 875 g/mol. The summed E-state index contributed by atoms with van der Waals surface area (Å²) in [6.45, 7) is 13.7. The van der Waals surface area contributed by atoms with Crippen LogP contribution in [0, 0.1) is 11.6 Å². The Labute approximate surface area is 400 Å². The Morgan fingerprint density at radius 2 is 0.750 bits per heavy atom. The summed E-state index contributed by atoms with van der Waals surface area (Å²) >= 11 is 3.64. The summed E-state index contributed by atoms with van der Waals surface area (Å²) in [6, 6.07) is 58.2. The summed E-state index contributed by atoms with van der Waals surface area (Å²) in [5.74, 6) is -0.640. The van der Waals surface area contributed by atoms with Gasteiger partial charge in [-0.3, -0.25) is 0 Å². The summed E-state index contributed by atoms with van der Waals surface area (Å²) in [6.07, 6.45) is 0. The molecule has 330 valence electrons. The summed E-state index contributed by atoms with van der Waals surface area (Å²) in [4.78, 5) is 0. The molecule has 0 spiro atoms.